The summed E-state index contributed by atoms with van der Waals surface area (Å²) in [4.78, 5) is 16.7. The smallest absolute Gasteiger partial charge is 0.338 e. The molecule has 2 rings (SSSR count). The van der Waals surface area contributed by atoms with Gasteiger partial charge in [-0.2, -0.15) is 0 Å². The molecule has 2 aromatic rings. The average Bonchev–Trinajstić information content (AvgIpc) is 2.89. The number of hydrogen-bond donors (Lipinski definition) is 7. The molecule has 0 amide bonds. The summed E-state index contributed by atoms with van der Waals surface area (Å²) in [6, 6.07) is 0. The van der Waals surface area contributed by atoms with Gasteiger partial charge in [-0.05, 0) is 0 Å². The summed E-state index contributed by atoms with van der Waals surface area (Å²) < 4.78 is 0. The van der Waals surface area contributed by atoms with Crippen LogP contribution in [0.4, 0.5) is 11.9 Å². The van der Waals surface area contributed by atoms with Crippen LogP contribution in [0.1, 0.15) is 17.3 Å². The van der Waals surface area contributed by atoms with Gasteiger partial charge in [-0.1, -0.05) is 0 Å². The third-order valence-electron chi connectivity index (χ3n) is 2.49. The predicted molar refractivity (Wildman–Crippen MR) is 67.1 cm³/mol. The number of nitrogens with one attached hydrogen (secondary N) is 3. The Morgan fingerprint density at radius 3 is 1.94 bits per heavy atom. The topological polar surface area (TPSA) is 175 Å². The molecule has 0 saturated heterocycles. The number of guanidine groups is 1. The van der Waals surface area contributed by atoms with Gasteiger partial charge in [0.25, 0.3) is 0 Å². The molecule has 2 heterocycles. The van der Waals surface area contributed by atoms with Crippen molar-refractivity contribution in [3.05, 3.63) is 23.8 Å². The molecule has 0 aromatic carbocycles. The summed E-state index contributed by atoms with van der Waals surface area (Å²) in [5.41, 5.74) is 23.5. The molecule has 0 saturated carbocycles. The van der Waals surface area contributed by atoms with Crippen molar-refractivity contribution < 1.29 is 4.99 Å². The first-order valence-corrected chi connectivity index (χ1v) is 5.28. The molecule has 0 fully saturated rings. The van der Waals surface area contributed by atoms with Crippen LogP contribution in [0.25, 0.3) is 0 Å². The third kappa shape index (κ3) is 2.51. The van der Waals surface area contributed by atoms with E-state index < -0.39 is 0 Å². The highest BCUT2D eigenvalue weighted by Gasteiger charge is 2.19. The SMILES string of the molecule is NC(N)=[NH+]CC(c1cnc(N)[nH]1)c1cnc(N)[nH]1. The van der Waals surface area contributed by atoms with E-state index >= 15 is 0 Å². The lowest BCUT2D eigenvalue weighted by atomic mass is 10.0. The zero-order valence-electron chi connectivity index (χ0n) is 9.64. The molecule has 0 unspecified atom stereocenters. The van der Waals surface area contributed by atoms with Gasteiger partial charge in [0.15, 0.2) is 11.9 Å². The Hall–Kier alpha value is -2.71. The number of imidazole rings is 2. The maximum Gasteiger partial charge on any atom is 0.338 e. The van der Waals surface area contributed by atoms with Gasteiger partial charge in [0.05, 0.1) is 24.9 Å². The van der Waals surface area contributed by atoms with Gasteiger partial charge in [-0.25, -0.2) is 9.97 Å². The Bertz CT molecular complexity index is 508. The van der Waals surface area contributed by atoms with Crippen molar-refractivity contribution in [3.8, 4) is 0 Å². The van der Waals surface area contributed by atoms with Crippen molar-refractivity contribution in [2.24, 2.45) is 11.5 Å². The molecule has 9 nitrogen and oxygen atoms in total. The zero-order valence-corrected chi connectivity index (χ0v) is 9.64. The van der Waals surface area contributed by atoms with Crippen molar-refractivity contribution in [2.45, 2.75) is 5.92 Å². The normalized spacial score (nSPS) is 10.7. The fourth-order valence-electron chi connectivity index (χ4n) is 1.66. The van der Waals surface area contributed by atoms with E-state index in [1.54, 1.807) is 12.4 Å². The number of aromatic amines is 2. The standard InChI is InChI=1S/C9H15N9/c10-7(11)14-1-4(5-2-15-8(12)17-5)6-3-16-9(13)18-6/h2-4H,1H2,(H4,10,11,14)(H3,12,15,17)(H3,13,16,18)/p+1. The van der Waals surface area contributed by atoms with Gasteiger partial charge in [0.2, 0.25) is 0 Å². The van der Waals surface area contributed by atoms with Crippen molar-refractivity contribution in [1.82, 2.24) is 19.9 Å². The van der Waals surface area contributed by atoms with Crippen molar-refractivity contribution >= 4 is 17.9 Å². The Labute approximate surface area is 103 Å². The molecule has 0 radical (unpaired) electrons. The first-order valence-electron chi connectivity index (χ1n) is 5.28. The molecule has 18 heavy (non-hydrogen) atoms. The Balaban J connectivity index is 2.31. The molecular weight excluding hydrogens is 234 g/mol. The number of aromatic nitrogens is 4. The van der Waals surface area contributed by atoms with Crippen LogP contribution in [0, 0.1) is 0 Å². The molecule has 2 aromatic heterocycles. The molecule has 9 heteroatoms. The highest BCUT2D eigenvalue weighted by molar-refractivity contribution is 5.69. The fourth-order valence-corrected chi connectivity index (χ4v) is 1.66. The summed E-state index contributed by atoms with van der Waals surface area (Å²) in [6.07, 6.45) is 3.29. The fraction of sp³-hybridized carbons (Fsp3) is 0.222. The number of nitrogens with two attached hydrogens (primary N) is 4. The van der Waals surface area contributed by atoms with E-state index in [4.69, 9.17) is 22.9 Å². The third-order valence-corrected chi connectivity index (χ3v) is 2.49. The maximum atomic E-state index is 5.56. The summed E-state index contributed by atoms with van der Waals surface area (Å²) in [6.45, 7) is 0.464. The Kier molecular flexibility index (Phi) is 3.04. The summed E-state index contributed by atoms with van der Waals surface area (Å²) >= 11 is 0. The van der Waals surface area contributed by atoms with E-state index in [1.807, 2.05) is 0 Å². The second-order valence-electron chi connectivity index (χ2n) is 3.84. The first-order chi connectivity index (χ1) is 8.56. The van der Waals surface area contributed by atoms with E-state index in [0.717, 1.165) is 11.4 Å². The minimum absolute atomic E-state index is 0.110. The molecule has 11 N–H and O–H groups in total. The lowest BCUT2D eigenvalue weighted by Crippen LogP contribution is -2.79. The van der Waals surface area contributed by atoms with E-state index in [1.165, 1.54) is 0 Å². The van der Waals surface area contributed by atoms with Crippen molar-refractivity contribution in [2.75, 3.05) is 18.0 Å². The molecule has 0 atom stereocenters. The number of H-pyrrole nitrogens is 2. The molecule has 0 bridgehead atoms. The summed E-state index contributed by atoms with van der Waals surface area (Å²) in [5.74, 6) is 0.709. The molecule has 0 aliphatic heterocycles. The number of nitrogens with zero attached hydrogens (tertiary/aromatic N) is 2. The van der Waals surface area contributed by atoms with Crippen LogP contribution in [0.15, 0.2) is 12.4 Å². The highest BCUT2D eigenvalue weighted by atomic mass is 15.1. The highest BCUT2D eigenvalue weighted by Crippen LogP contribution is 2.20. The van der Waals surface area contributed by atoms with Gasteiger partial charge >= 0.3 is 5.96 Å². The van der Waals surface area contributed by atoms with E-state index in [9.17, 15) is 0 Å². The predicted octanol–water partition coefficient (Wildman–Crippen LogP) is -3.22. The van der Waals surface area contributed by atoms with E-state index in [-0.39, 0.29) is 11.9 Å². The molecule has 96 valence electrons. The number of rotatable bonds is 4. The average molecular weight is 250 g/mol. The van der Waals surface area contributed by atoms with E-state index in [0.29, 0.717) is 18.4 Å². The van der Waals surface area contributed by atoms with E-state index in [2.05, 4.69) is 24.9 Å². The number of nitrogen functional groups attached to an aromatic ring is 2. The summed E-state index contributed by atoms with van der Waals surface area (Å²) in [7, 11) is 0. The lowest BCUT2D eigenvalue weighted by Gasteiger charge is -2.09. The molecule has 0 aliphatic carbocycles. The van der Waals surface area contributed by atoms with Crippen LogP contribution in [-0.2, 0) is 0 Å². The van der Waals surface area contributed by atoms with Gasteiger partial charge in [-0.15, -0.1) is 0 Å². The van der Waals surface area contributed by atoms with Crippen LogP contribution in [0.3, 0.4) is 0 Å². The minimum atomic E-state index is -0.110. The Morgan fingerprint density at radius 2 is 1.61 bits per heavy atom. The zero-order chi connectivity index (χ0) is 13.1. The van der Waals surface area contributed by atoms with Gasteiger partial charge in [0, 0.05) is 11.4 Å². The second-order valence-corrected chi connectivity index (χ2v) is 3.84. The minimum Gasteiger partial charge on any atom is -0.369 e. The monoisotopic (exact) mass is 250 g/mol. The molecule has 0 aliphatic rings. The number of anilines is 2. The first kappa shape index (κ1) is 11.8. The molecular formula is C9H16N9+. The summed E-state index contributed by atoms with van der Waals surface area (Å²) in [5, 5.41) is 0. The van der Waals surface area contributed by atoms with Gasteiger partial charge in [0.1, 0.15) is 0 Å². The van der Waals surface area contributed by atoms with Crippen LogP contribution in [0.5, 0.6) is 0 Å². The maximum absolute atomic E-state index is 5.56. The lowest BCUT2D eigenvalue weighted by molar-refractivity contribution is -0.461. The number of hydrogen-bond acceptors (Lipinski definition) is 4. The van der Waals surface area contributed by atoms with Crippen LogP contribution >= 0.6 is 0 Å². The van der Waals surface area contributed by atoms with Crippen molar-refractivity contribution in [3.63, 3.8) is 0 Å². The van der Waals surface area contributed by atoms with Crippen LogP contribution in [0.2, 0.25) is 0 Å². The van der Waals surface area contributed by atoms with Crippen LogP contribution < -0.4 is 27.9 Å². The van der Waals surface area contributed by atoms with Crippen molar-refractivity contribution in [1.29, 1.82) is 0 Å². The van der Waals surface area contributed by atoms with Crippen LogP contribution in [-0.4, -0.2) is 32.4 Å². The largest absolute Gasteiger partial charge is 0.369 e. The Morgan fingerprint density at radius 1 is 1.11 bits per heavy atom. The van der Waals surface area contributed by atoms with Gasteiger partial charge in [-0.3, -0.25) is 16.5 Å². The molecule has 0 spiro atoms. The quantitative estimate of drug-likeness (QED) is 0.222. The van der Waals surface area contributed by atoms with Gasteiger partial charge < -0.3 is 21.4 Å². The second kappa shape index (κ2) is 4.65.